The Hall–Kier alpha value is -3.03. The van der Waals surface area contributed by atoms with Crippen molar-refractivity contribution < 1.29 is 27.5 Å². The summed E-state index contributed by atoms with van der Waals surface area (Å²) in [5.74, 6) is -0.596. The maximum atomic E-state index is 12.7. The number of alkyl halides is 3. The van der Waals surface area contributed by atoms with Gasteiger partial charge >= 0.3 is 6.18 Å². The maximum absolute atomic E-state index is 12.7. The fourth-order valence-electron chi connectivity index (χ4n) is 3.16. The number of hydrogen-bond acceptors (Lipinski definition) is 3. The number of carbonyl (C=O) groups excluding carboxylic acids is 2. The number of para-hydroxylation sites is 1. The van der Waals surface area contributed by atoms with E-state index in [4.69, 9.17) is 4.74 Å². The lowest BCUT2D eigenvalue weighted by Gasteiger charge is -2.31. The molecule has 0 radical (unpaired) electrons. The van der Waals surface area contributed by atoms with E-state index in [9.17, 15) is 22.8 Å². The molecule has 2 aromatic carbocycles. The van der Waals surface area contributed by atoms with Gasteiger partial charge in [-0.15, -0.1) is 0 Å². The molecule has 1 saturated heterocycles. The van der Waals surface area contributed by atoms with Crippen molar-refractivity contribution in [2.75, 3.05) is 25.0 Å². The molecular weight excluding hydrogens is 385 g/mol. The second-order valence-corrected chi connectivity index (χ2v) is 6.82. The third-order valence-electron chi connectivity index (χ3n) is 4.78. The van der Waals surface area contributed by atoms with Crippen molar-refractivity contribution in [1.82, 2.24) is 4.90 Å². The molecule has 2 aromatic rings. The molecule has 154 valence electrons. The van der Waals surface area contributed by atoms with E-state index < -0.39 is 11.7 Å². The van der Waals surface area contributed by atoms with Gasteiger partial charge in [-0.3, -0.25) is 9.59 Å². The number of ether oxygens (including phenoxy) is 1. The molecule has 1 aliphatic rings. The summed E-state index contributed by atoms with van der Waals surface area (Å²) in [5.41, 5.74) is -0.0989. The summed E-state index contributed by atoms with van der Waals surface area (Å²) in [5, 5.41) is 2.86. The highest BCUT2D eigenvalue weighted by Crippen LogP contribution is 2.31. The van der Waals surface area contributed by atoms with Crippen LogP contribution in [0.25, 0.3) is 0 Å². The first-order chi connectivity index (χ1) is 13.8. The molecule has 0 aromatic heterocycles. The molecular formula is C21H21F3N2O3. The number of amides is 2. The Bertz CT molecular complexity index is 848. The first-order valence-corrected chi connectivity index (χ1v) is 9.26. The van der Waals surface area contributed by atoms with Crippen molar-refractivity contribution in [3.63, 3.8) is 0 Å². The van der Waals surface area contributed by atoms with Gasteiger partial charge in [0.25, 0.3) is 5.91 Å². The lowest BCUT2D eigenvalue weighted by molar-refractivity contribution is -0.137. The van der Waals surface area contributed by atoms with E-state index in [0.29, 0.717) is 25.9 Å². The van der Waals surface area contributed by atoms with Crippen LogP contribution in [0.2, 0.25) is 0 Å². The average molecular weight is 406 g/mol. The predicted octanol–water partition coefficient (Wildman–Crippen LogP) is 3.96. The number of rotatable bonds is 5. The van der Waals surface area contributed by atoms with Crippen molar-refractivity contribution in [2.24, 2.45) is 5.92 Å². The van der Waals surface area contributed by atoms with E-state index in [1.54, 1.807) is 4.90 Å². The van der Waals surface area contributed by atoms with E-state index in [2.05, 4.69) is 5.32 Å². The van der Waals surface area contributed by atoms with Crippen LogP contribution in [0.5, 0.6) is 5.75 Å². The number of piperidine rings is 1. The number of hydrogen-bond donors (Lipinski definition) is 1. The summed E-state index contributed by atoms with van der Waals surface area (Å²) >= 11 is 0. The molecule has 8 heteroatoms. The van der Waals surface area contributed by atoms with Gasteiger partial charge in [-0.05, 0) is 43.2 Å². The average Bonchev–Trinajstić information content (AvgIpc) is 2.72. The van der Waals surface area contributed by atoms with E-state index in [1.807, 2.05) is 30.3 Å². The van der Waals surface area contributed by atoms with E-state index >= 15 is 0 Å². The van der Waals surface area contributed by atoms with Crippen LogP contribution in [0.15, 0.2) is 54.6 Å². The standard InChI is InChI=1S/C21H21F3N2O3/c22-21(23,24)16-5-4-8-18(13-16)29-14-19(27)26-11-9-15(10-12-26)20(28)25-17-6-2-1-3-7-17/h1-8,13,15H,9-12,14H2,(H,25,28). The lowest BCUT2D eigenvalue weighted by Crippen LogP contribution is -2.43. The van der Waals surface area contributed by atoms with Gasteiger partial charge in [0.2, 0.25) is 5.91 Å². The number of carbonyl (C=O) groups is 2. The molecule has 29 heavy (non-hydrogen) atoms. The molecule has 5 nitrogen and oxygen atoms in total. The number of anilines is 1. The zero-order valence-electron chi connectivity index (χ0n) is 15.6. The van der Waals surface area contributed by atoms with Crippen molar-refractivity contribution >= 4 is 17.5 Å². The molecule has 0 bridgehead atoms. The molecule has 3 rings (SSSR count). The summed E-state index contributed by atoms with van der Waals surface area (Å²) < 4.78 is 43.4. The number of nitrogens with zero attached hydrogens (tertiary/aromatic N) is 1. The minimum atomic E-state index is -4.47. The fourth-order valence-corrected chi connectivity index (χ4v) is 3.16. The zero-order valence-corrected chi connectivity index (χ0v) is 15.6. The van der Waals surface area contributed by atoms with Crippen LogP contribution >= 0.6 is 0 Å². The largest absolute Gasteiger partial charge is 0.484 e. The Balaban J connectivity index is 1.46. The Morgan fingerprint density at radius 1 is 1.03 bits per heavy atom. The molecule has 0 spiro atoms. The molecule has 1 heterocycles. The van der Waals surface area contributed by atoms with Crippen LogP contribution in [0, 0.1) is 5.92 Å². The smallest absolute Gasteiger partial charge is 0.416 e. The summed E-state index contributed by atoms with van der Waals surface area (Å²) in [6.07, 6.45) is -3.42. The van der Waals surface area contributed by atoms with E-state index in [0.717, 1.165) is 17.8 Å². The molecule has 1 fully saturated rings. The Morgan fingerprint density at radius 2 is 1.72 bits per heavy atom. The van der Waals surface area contributed by atoms with E-state index in [1.165, 1.54) is 12.1 Å². The predicted molar refractivity (Wildman–Crippen MR) is 101 cm³/mol. The van der Waals surface area contributed by atoms with Crippen molar-refractivity contribution in [2.45, 2.75) is 19.0 Å². The van der Waals surface area contributed by atoms with E-state index in [-0.39, 0.29) is 30.1 Å². The topological polar surface area (TPSA) is 58.6 Å². The van der Waals surface area contributed by atoms with Crippen LogP contribution in [0.1, 0.15) is 18.4 Å². The number of benzene rings is 2. The van der Waals surface area contributed by atoms with Gasteiger partial charge in [0.05, 0.1) is 5.56 Å². The molecule has 0 aliphatic carbocycles. The number of halogens is 3. The zero-order chi connectivity index (χ0) is 20.9. The van der Waals surface area contributed by atoms with Crippen LogP contribution < -0.4 is 10.1 Å². The first-order valence-electron chi connectivity index (χ1n) is 9.26. The molecule has 1 N–H and O–H groups in total. The highest BCUT2D eigenvalue weighted by Gasteiger charge is 2.31. The van der Waals surface area contributed by atoms with Crippen molar-refractivity contribution in [3.8, 4) is 5.75 Å². The SMILES string of the molecule is O=C(Nc1ccccc1)C1CCN(C(=O)COc2cccc(C(F)(F)F)c2)CC1. The second-order valence-electron chi connectivity index (χ2n) is 6.82. The molecule has 1 aliphatic heterocycles. The Kier molecular flexibility index (Phi) is 6.41. The van der Waals surface area contributed by atoms with Crippen LogP contribution in [-0.4, -0.2) is 36.4 Å². The third kappa shape index (κ3) is 5.73. The van der Waals surface area contributed by atoms with Gasteiger partial charge in [-0.1, -0.05) is 24.3 Å². The van der Waals surface area contributed by atoms with Gasteiger partial charge < -0.3 is 15.0 Å². The Morgan fingerprint density at radius 3 is 2.38 bits per heavy atom. The third-order valence-corrected chi connectivity index (χ3v) is 4.78. The highest BCUT2D eigenvalue weighted by molar-refractivity contribution is 5.92. The van der Waals surface area contributed by atoms with Gasteiger partial charge in [-0.2, -0.15) is 13.2 Å². The molecule has 0 atom stereocenters. The first kappa shape index (κ1) is 20.7. The van der Waals surface area contributed by atoms with Crippen LogP contribution in [0.4, 0.5) is 18.9 Å². The normalized spacial score (nSPS) is 15.1. The summed E-state index contributed by atoms with van der Waals surface area (Å²) in [7, 11) is 0. The minimum absolute atomic E-state index is 0.00898. The monoisotopic (exact) mass is 406 g/mol. The van der Waals surface area contributed by atoms with Gasteiger partial charge in [0, 0.05) is 24.7 Å². The number of likely N-dealkylation sites (tertiary alicyclic amines) is 1. The summed E-state index contributed by atoms with van der Waals surface area (Å²) in [6, 6.07) is 13.6. The summed E-state index contributed by atoms with van der Waals surface area (Å²) in [6.45, 7) is 0.456. The van der Waals surface area contributed by atoms with Crippen molar-refractivity contribution in [3.05, 3.63) is 60.2 Å². The minimum Gasteiger partial charge on any atom is -0.484 e. The van der Waals surface area contributed by atoms with Crippen LogP contribution in [-0.2, 0) is 15.8 Å². The van der Waals surface area contributed by atoms with Gasteiger partial charge in [0.15, 0.2) is 6.61 Å². The second kappa shape index (κ2) is 8.98. The quantitative estimate of drug-likeness (QED) is 0.818. The lowest BCUT2D eigenvalue weighted by atomic mass is 9.95. The molecule has 0 saturated carbocycles. The van der Waals surface area contributed by atoms with Crippen molar-refractivity contribution in [1.29, 1.82) is 0 Å². The highest BCUT2D eigenvalue weighted by atomic mass is 19.4. The maximum Gasteiger partial charge on any atom is 0.416 e. The summed E-state index contributed by atoms with van der Waals surface area (Å²) in [4.78, 5) is 26.2. The fraction of sp³-hybridized carbons (Fsp3) is 0.333. The molecule has 0 unspecified atom stereocenters. The number of nitrogens with one attached hydrogen (secondary N) is 1. The molecule has 2 amide bonds. The Labute approximate surface area is 166 Å². The van der Waals surface area contributed by atoms with Gasteiger partial charge in [0.1, 0.15) is 5.75 Å². The van der Waals surface area contributed by atoms with Crippen LogP contribution in [0.3, 0.4) is 0 Å². The van der Waals surface area contributed by atoms with Gasteiger partial charge in [-0.25, -0.2) is 0 Å².